The SMILES string of the molecule is CN1CCCC(Cc2ccc(-c3ccc(C(=O)O)cc3)nc2)C1. The lowest BCUT2D eigenvalue weighted by Gasteiger charge is -2.29. The van der Waals surface area contributed by atoms with Gasteiger partial charge in [0.25, 0.3) is 0 Å². The molecule has 1 fully saturated rings. The number of aromatic carboxylic acids is 1. The van der Waals surface area contributed by atoms with Crippen molar-refractivity contribution in [2.24, 2.45) is 5.92 Å². The van der Waals surface area contributed by atoms with Gasteiger partial charge in [-0.25, -0.2) is 4.79 Å². The van der Waals surface area contributed by atoms with Crippen LogP contribution < -0.4 is 0 Å². The van der Waals surface area contributed by atoms with Crippen molar-refractivity contribution in [2.75, 3.05) is 20.1 Å². The van der Waals surface area contributed by atoms with Crippen molar-refractivity contribution in [2.45, 2.75) is 19.3 Å². The van der Waals surface area contributed by atoms with Crippen LogP contribution in [-0.4, -0.2) is 41.1 Å². The van der Waals surface area contributed by atoms with Crippen molar-refractivity contribution in [1.82, 2.24) is 9.88 Å². The fraction of sp³-hybridized carbons (Fsp3) is 0.368. The zero-order valence-electron chi connectivity index (χ0n) is 13.4. The van der Waals surface area contributed by atoms with Crippen molar-refractivity contribution in [3.63, 3.8) is 0 Å². The lowest BCUT2D eigenvalue weighted by molar-refractivity contribution is 0.0697. The number of nitrogens with zero attached hydrogens (tertiary/aromatic N) is 2. The standard InChI is InChI=1S/C19H22N2O2/c1-21-10-2-3-15(13-21)11-14-4-9-18(20-12-14)16-5-7-17(8-6-16)19(22)23/h4-9,12,15H,2-3,10-11,13H2,1H3,(H,22,23). The van der Waals surface area contributed by atoms with Gasteiger partial charge < -0.3 is 10.0 Å². The Morgan fingerprint density at radius 2 is 2.04 bits per heavy atom. The lowest BCUT2D eigenvalue weighted by Crippen LogP contribution is -2.32. The van der Waals surface area contributed by atoms with Gasteiger partial charge in [0.2, 0.25) is 0 Å². The predicted octanol–water partition coefficient (Wildman–Crippen LogP) is 3.33. The molecule has 2 aromatic rings. The van der Waals surface area contributed by atoms with Gasteiger partial charge in [0, 0.05) is 18.3 Å². The number of hydrogen-bond acceptors (Lipinski definition) is 3. The van der Waals surface area contributed by atoms with E-state index in [2.05, 4.69) is 23.0 Å². The van der Waals surface area contributed by atoms with E-state index in [1.54, 1.807) is 12.1 Å². The largest absolute Gasteiger partial charge is 0.478 e. The average Bonchev–Trinajstić information content (AvgIpc) is 2.56. The molecule has 0 bridgehead atoms. The highest BCUT2D eigenvalue weighted by atomic mass is 16.4. The summed E-state index contributed by atoms with van der Waals surface area (Å²) < 4.78 is 0. The first-order chi connectivity index (χ1) is 11.1. The second kappa shape index (κ2) is 6.92. The summed E-state index contributed by atoms with van der Waals surface area (Å²) in [6.45, 7) is 2.37. The number of likely N-dealkylation sites (tertiary alicyclic amines) is 1. The molecule has 3 rings (SSSR count). The van der Waals surface area contributed by atoms with Gasteiger partial charge in [0.05, 0.1) is 11.3 Å². The second-order valence-corrected chi connectivity index (χ2v) is 6.41. The van der Waals surface area contributed by atoms with Gasteiger partial charge >= 0.3 is 5.97 Å². The van der Waals surface area contributed by atoms with Gasteiger partial charge in [0.1, 0.15) is 0 Å². The van der Waals surface area contributed by atoms with Crippen LogP contribution in [0.3, 0.4) is 0 Å². The molecular weight excluding hydrogens is 288 g/mol. The minimum Gasteiger partial charge on any atom is -0.478 e. The summed E-state index contributed by atoms with van der Waals surface area (Å²) in [7, 11) is 2.19. The molecule has 0 aliphatic carbocycles. The number of piperidine rings is 1. The molecule has 1 atom stereocenters. The Morgan fingerprint density at radius 3 is 2.65 bits per heavy atom. The molecule has 0 radical (unpaired) electrons. The normalized spacial score (nSPS) is 18.7. The van der Waals surface area contributed by atoms with E-state index in [0.717, 1.165) is 23.6 Å². The van der Waals surface area contributed by atoms with Crippen molar-refractivity contribution < 1.29 is 9.90 Å². The Bertz CT molecular complexity index is 665. The van der Waals surface area contributed by atoms with Crippen molar-refractivity contribution in [3.05, 3.63) is 53.7 Å². The fourth-order valence-corrected chi connectivity index (χ4v) is 3.27. The molecule has 1 aliphatic rings. The molecule has 0 spiro atoms. The number of carboxylic acid groups (broad SMARTS) is 1. The summed E-state index contributed by atoms with van der Waals surface area (Å²) in [6.07, 6.45) is 5.61. The van der Waals surface area contributed by atoms with Gasteiger partial charge in [0.15, 0.2) is 0 Å². The topological polar surface area (TPSA) is 53.4 Å². The molecule has 4 heteroatoms. The average molecular weight is 310 g/mol. The number of hydrogen-bond donors (Lipinski definition) is 1. The monoisotopic (exact) mass is 310 g/mol. The quantitative estimate of drug-likeness (QED) is 0.941. The summed E-state index contributed by atoms with van der Waals surface area (Å²) in [4.78, 5) is 17.8. The Balaban J connectivity index is 1.68. The van der Waals surface area contributed by atoms with E-state index in [1.165, 1.54) is 31.5 Å². The smallest absolute Gasteiger partial charge is 0.335 e. The molecule has 1 unspecified atom stereocenters. The Labute approximate surface area is 136 Å². The maximum absolute atomic E-state index is 10.9. The van der Waals surface area contributed by atoms with Gasteiger partial charge in [-0.3, -0.25) is 4.98 Å². The summed E-state index contributed by atoms with van der Waals surface area (Å²) in [5.41, 5.74) is 3.40. The molecule has 1 aromatic carbocycles. The highest BCUT2D eigenvalue weighted by Crippen LogP contribution is 2.22. The number of carbonyl (C=O) groups is 1. The van der Waals surface area contributed by atoms with E-state index in [9.17, 15) is 4.79 Å². The summed E-state index contributed by atoms with van der Waals surface area (Å²) in [5, 5.41) is 8.94. The zero-order valence-corrected chi connectivity index (χ0v) is 13.4. The van der Waals surface area contributed by atoms with Crippen LogP contribution in [0.5, 0.6) is 0 Å². The van der Waals surface area contributed by atoms with Gasteiger partial charge in [-0.2, -0.15) is 0 Å². The maximum Gasteiger partial charge on any atom is 0.335 e. The highest BCUT2D eigenvalue weighted by Gasteiger charge is 2.17. The van der Waals surface area contributed by atoms with Crippen LogP contribution in [0.4, 0.5) is 0 Å². The van der Waals surface area contributed by atoms with E-state index in [0.29, 0.717) is 5.56 Å². The number of benzene rings is 1. The first kappa shape index (κ1) is 15.7. The van der Waals surface area contributed by atoms with E-state index in [-0.39, 0.29) is 0 Å². The number of rotatable bonds is 4. The summed E-state index contributed by atoms with van der Waals surface area (Å²) >= 11 is 0. The van der Waals surface area contributed by atoms with Crippen LogP contribution in [-0.2, 0) is 6.42 Å². The second-order valence-electron chi connectivity index (χ2n) is 6.41. The van der Waals surface area contributed by atoms with Gasteiger partial charge in [-0.1, -0.05) is 18.2 Å². The van der Waals surface area contributed by atoms with Crippen molar-refractivity contribution in [1.29, 1.82) is 0 Å². The highest BCUT2D eigenvalue weighted by molar-refractivity contribution is 5.88. The molecule has 1 aromatic heterocycles. The molecule has 4 nitrogen and oxygen atoms in total. The molecule has 2 heterocycles. The minimum absolute atomic E-state index is 0.298. The van der Waals surface area contributed by atoms with Crippen molar-refractivity contribution in [3.8, 4) is 11.3 Å². The molecule has 1 N–H and O–H groups in total. The predicted molar refractivity (Wildman–Crippen MR) is 90.6 cm³/mol. The van der Waals surface area contributed by atoms with Crippen LogP contribution in [0, 0.1) is 5.92 Å². The minimum atomic E-state index is -0.905. The van der Waals surface area contributed by atoms with Crippen LogP contribution in [0.25, 0.3) is 11.3 Å². The Morgan fingerprint density at radius 1 is 1.26 bits per heavy atom. The molecule has 1 saturated heterocycles. The van der Waals surface area contributed by atoms with Gasteiger partial charge in [-0.05, 0) is 62.5 Å². The van der Waals surface area contributed by atoms with Crippen LogP contribution in [0.1, 0.15) is 28.8 Å². The molecule has 0 saturated carbocycles. The van der Waals surface area contributed by atoms with Crippen LogP contribution >= 0.6 is 0 Å². The first-order valence-electron chi connectivity index (χ1n) is 8.09. The molecule has 1 aliphatic heterocycles. The maximum atomic E-state index is 10.9. The van der Waals surface area contributed by atoms with E-state index in [1.807, 2.05) is 24.4 Å². The Kier molecular flexibility index (Phi) is 4.72. The lowest BCUT2D eigenvalue weighted by atomic mass is 9.92. The van der Waals surface area contributed by atoms with E-state index in [4.69, 9.17) is 5.11 Å². The summed E-state index contributed by atoms with van der Waals surface area (Å²) in [5.74, 6) is -0.187. The molecule has 23 heavy (non-hydrogen) atoms. The molecule has 0 amide bonds. The number of aromatic nitrogens is 1. The van der Waals surface area contributed by atoms with Crippen LogP contribution in [0.2, 0.25) is 0 Å². The Hall–Kier alpha value is -2.20. The van der Waals surface area contributed by atoms with Crippen molar-refractivity contribution >= 4 is 5.97 Å². The third-order valence-corrected chi connectivity index (χ3v) is 4.50. The van der Waals surface area contributed by atoms with E-state index >= 15 is 0 Å². The third kappa shape index (κ3) is 3.96. The van der Waals surface area contributed by atoms with Gasteiger partial charge in [-0.15, -0.1) is 0 Å². The van der Waals surface area contributed by atoms with E-state index < -0.39 is 5.97 Å². The summed E-state index contributed by atoms with van der Waals surface area (Å²) in [6, 6.07) is 11.0. The molecule has 120 valence electrons. The fourth-order valence-electron chi connectivity index (χ4n) is 3.27. The molecular formula is C19H22N2O2. The third-order valence-electron chi connectivity index (χ3n) is 4.50. The number of carboxylic acids is 1. The first-order valence-corrected chi connectivity index (χ1v) is 8.09. The zero-order chi connectivity index (χ0) is 16.2. The van der Waals surface area contributed by atoms with Crippen LogP contribution in [0.15, 0.2) is 42.6 Å². The number of pyridine rings is 1.